The lowest BCUT2D eigenvalue weighted by Crippen LogP contribution is -2.30. The SMILES string of the molecule is CC\C=C/C=C\C=C/C=C\CCCCCC(=O)OCC(COC(=O)CCCCCCCCC/C=C\C/C=C\CCCCC)OC(=O)CCCCCCCC/C=C\C/C=C\C/C=C\CC. The maximum absolute atomic E-state index is 12.8. The van der Waals surface area contributed by atoms with Gasteiger partial charge in [-0.2, -0.15) is 0 Å². The van der Waals surface area contributed by atoms with Crippen molar-refractivity contribution in [3.05, 3.63) is 109 Å². The molecule has 6 nitrogen and oxygen atoms in total. The average molecular weight is 887 g/mol. The van der Waals surface area contributed by atoms with Gasteiger partial charge in [0.2, 0.25) is 0 Å². The maximum Gasteiger partial charge on any atom is 0.306 e. The molecule has 0 fully saturated rings. The Morgan fingerprint density at radius 1 is 0.344 bits per heavy atom. The Labute approximate surface area is 393 Å². The van der Waals surface area contributed by atoms with Crippen molar-refractivity contribution in [2.24, 2.45) is 0 Å². The minimum absolute atomic E-state index is 0.103. The predicted octanol–water partition coefficient (Wildman–Crippen LogP) is 17.1. The number of ether oxygens (including phenoxy) is 3. The summed E-state index contributed by atoms with van der Waals surface area (Å²) in [7, 11) is 0. The third kappa shape index (κ3) is 49.1. The molecule has 1 atom stereocenters. The monoisotopic (exact) mass is 887 g/mol. The molecular weight excluding hydrogens is 793 g/mol. The molecule has 0 aliphatic heterocycles. The van der Waals surface area contributed by atoms with E-state index in [4.69, 9.17) is 14.2 Å². The van der Waals surface area contributed by atoms with Gasteiger partial charge in [-0.15, -0.1) is 0 Å². The van der Waals surface area contributed by atoms with Crippen LogP contribution >= 0.6 is 0 Å². The molecule has 0 amide bonds. The van der Waals surface area contributed by atoms with Crippen molar-refractivity contribution in [2.75, 3.05) is 13.2 Å². The minimum Gasteiger partial charge on any atom is -0.462 e. The van der Waals surface area contributed by atoms with E-state index < -0.39 is 6.10 Å². The summed E-state index contributed by atoms with van der Waals surface area (Å²) >= 11 is 0. The summed E-state index contributed by atoms with van der Waals surface area (Å²) in [4.78, 5) is 38.0. The molecule has 0 saturated heterocycles. The van der Waals surface area contributed by atoms with Crippen LogP contribution in [-0.2, 0) is 28.6 Å². The molecule has 6 heteroatoms. The molecule has 64 heavy (non-hydrogen) atoms. The number of hydrogen-bond donors (Lipinski definition) is 0. The number of carbonyl (C=O) groups excluding carboxylic acids is 3. The molecule has 0 aromatic carbocycles. The van der Waals surface area contributed by atoms with Crippen LogP contribution in [-0.4, -0.2) is 37.2 Å². The van der Waals surface area contributed by atoms with E-state index >= 15 is 0 Å². The van der Waals surface area contributed by atoms with Gasteiger partial charge >= 0.3 is 17.9 Å². The summed E-state index contributed by atoms with van der Waals surface area (Å²) in [5.74, 6) is -0.968. The van der Waals surface area contributed by atoms with Gasteiger partial charge in [0.1, 0.15) is 13.2 Å². The van der Waals surface area contributed by atoms with Crippen LogP contribution in [0.4, 0.5) is 0 Å². The van der Waals surface area contributed by atoms with Crippen molar-refractivity contribution >= 4 is 17.9 Å². The zero-order chi connectivity index (χ0) is 46.5. The Balaban J connectivity index is 4.48. The van der Waals surface area contributed by atoms with Crippen molar-refractivity contribution in [1.29, 1.82) is 0 Å². The first-order valence-corrected chi connectivity index (χ1v) is 25.9. The zero-order valence-electron chi connectivity index (χ0n) is 41.3. The first-order valence-electron chi connectivity index (χ1n) is 25.9. The van der Waals surface area contributed by atoms with E-state index in [1.165, 1.54) is 64.2 Å². The Morgan fingerprint density at radius 2 is 0.688 bits per heavy atom. The predicted molar refractivity (Wildman–Crippen MR) is 274 cm³/mol. The van der Waals surface area contributed by atoms with Gasteiger partial charge in [-0.3, -0.25) is 14.4 Å². The van der Waals surface area contributed by atoms with Gasteiger partial charge in [0.05, 0.1) is 0 Å². The van der Waals surface area contributed by atoms with E-state index in [9.17, 15) is 14.4 Å². The Morgan fingerprint density at radius 3 is 1.16 bits per heavy atom. The highest BCUT2D eigenvalue weighted by molar-refractivity contribution is 5.71. The lowest BCUT2D eigenvalue weighted by atomic mass is 10.1. The van der Waals surface area contributed by atoms with Gasteiger partial charge in [-0.25, -0.2) is 0 Å². The highest BCUT2D eigenvalue weighted by Gasteiger charge is 2.19. The summed E-state index contributed by atoms with van der Waals surface area (Å²) < 4.78 is 16.8. The second-order valence-electron chi connectivity index (χ2n) is 16.8. The Bertz CT molecular complexity index is 1340. The van der Waals surface area contributed by atoms with Gasteiger partial charge in [-0.1, -0.05) is 207 Å². The summed E-state index contributed by atoms with van der Waals surface area (Å²) in [6.45, 7) is 6.30. The number of esters is 3. The van der Waals surface area contributed by atoms with Crippen LogP contribution in [0, 0.1) is 0 Å². The number of unbranched alkanes of at least 4 members (excludes halogenated alkanes) is 19. The summed E-state index contributed by atoms with van der Waals surface area (Å²) in [6.07, 6.45) is 69.3. The molecule has 0 heterocycles. The van der Waals surface area contributed by atoms with Crippen LogP contribution in [0.2, 0.25) is 0 Å². The molecule has 362 valence electrons. The molecule has 0 radical (unpaired) electrons. The van der Waals surface area contributed by atoms with Crippen molar-refractivity contribution in [2.45, 2.75) is 226 Å². The molecule has 0 spiro atoms. The van der Waals surface area contributed by atoms with E-state index in [-0.39, 0.29) is 31.1 Å². The number of carbonyl (C=O) groups is 3. The molecule has 0 rings (SSSR count). The van der Waals surface area contributed by atoms with Crippen molar-refractivity contribution < 1.29 is 28.6 Å². The molecule has 0 aliphatic rings. The van der Waals surface area contributed by atoms with E-state index in [1.807, 2.05) is 36.5 Å². The fourth-order valence-electron chi connectivity index (χ4n) is 6.73. The molecule has 0 aromatic rings. The molecule has 0 N–H and O–H groups in total. The zero-order valence-corrected chi connectivity index (χ0v) is 41.3. The average Bonchev–Trinajstić information content (AvgIpc) is 3.29. The second-order valence-corrected chi connectivity index (χ2v) is 16.8. The fraction of sp³-hybridized carbons (Fsp3) is 0.638. The highest BCUT2D eigenvalue weighted by atomic mass is 16.6. The van der Waals surface area contributed by atoms with Crippen molar-refractivity contribution in [1.82, 2.24) is 0 Å². The fourth-order valence-corrected chi connectivity index (χ4v) is 6.73. The molecular formula is C58H94O6. The molecule has 0 aliphatic carbocycles. The highest BCUT2D eigenvalue weighted by Crippen LogP contribution is 2.13. The Hall–Kier alpha value is -3.93. The number of allylic oxidation sites excluding steroid dienone is 18. The van der Waals surface area contributed by atoms with Crippen LogP contribution in [0.1, 0.15) is 220 Å². The Kier molecular flexibility index (Phi) is 48.5. The van der Waals surface area contributed by atoms with E-state index in [2.05, 4.69) is 93.7 Å². The molecule has 0 aromatic heterocycles. The minimum atomic E-state index is -0.806. The van der Waals surface area contributed by atoms with Gasteiger partial charge in [0.25, 0.3) is 0 Å². The topological polar surface area (TPSA) is 78.9 Å². The van der Waals surface area contributed by atoms with Crippen LogP contribution in [0.25, 0.3) is 0 Å². The van der Waals surface area contributed by atoms with Crippen LogP contribution < -0.4 is 0 Å². The van der Waals surface area contributed by atoms with Crippen LogP contribution in [0.5, 0.6) is 0 Å². The molecule has 0 saturated carbocycles. The van der Waals surface area contributed by atoms with Gasteiger partial charge in [-0.05, 0) is 103 Å². The second kappa shape index (κ2) is 51.7. The largest absolute Gasteiger partial charge is 0.462 e. The number of rotatable bonds is 45. The van der Waals surface area contributed by atoms with E-state index in [1.54, 1.807) is 0 Å². The normalized spacial score (nSPS) is 13.0. The molecule has 1 unspecified atom stereocenters. The van der Waals surface area contributed by atoms with E-state index in [0.29, 0.717) is 19.3 Å². The summed E-state index contributed by atoms with van der Waals surface area (Å²) in [5.41, 5.74) is 0. The lowest BCUT2D eigenvalue weighted by molar-refractivity contribution is -0.167. The maximum atomic E-state index is 12.8. The quantitative estimate of drug-likeness (QED) is 0.0199. The standard InChI is InChI=1S/C58H94O6/c1-4-7-10-13-16-19-22-25-27-29-31-33-36-39-42-45-48-51-57(60)63-54-55(53-62-56(59)50-47-44-41-38-35-32-24-21-18-15-12-9-6-3)64-58(61)52-49-46-43-40-37-34-30-28-26-23-20-17-14-11-8-5-2/h8-9,11-12,15-21,24-28,32,35,55H,4-7,10,13-14,22-23,29-31,33-34,36-54H2,1-3H3/b11-8-,12-9-,18-15-,19-16-,20-17-,24-21-,27-25-,28-26-,35-32-. The van der Waals surface area contributed by atoms with Crippen molar-refractivity contribution in [3.8, 4) is 0 Å². The number of hydrogen-bond acceptors (Lipinski definition) is 6. The third-order valence-corrected chi connectivity index (χ3v) is 10.6. The third-order valence-electron chi connectivity index (χ3n) is 10.6. The van der Waals surface area contributed by atoms with Crippen molar-refractivity contribution in [3.63, 3.8) is 0 Å². The lowest BCUT2D eigenvalue weighted by Gasteiger charge is -2.18. The first kappa shape index (κ1) is 60.1. The summed E-state index contributed by atoms with van der Waals surface area (Å²) in [5, 5.41) is 0. The van der Waals surface area contributed by atoms with E-state index in [0.717, 1.165) is 116 Å². The first-order chi connectivity index (χ1) is 31.5. The smallest absolute Gasteiger partial charge is 0.306 e. The van der Waals surface area contributed by atoms with Gasteiger partial charge in [0, 0.05) is 19.3 Å². The van der Waals surface area contributed by atoms with Gasteiger partial charge in [0.15, 0.2) is 6.10 Å². The molecule has 0 bridgehead atoms. The van der Waals surface area contributed by atoms with Crippen LogP contribution in [0.15, 0.2) is 109 Å². The van der Waals surface area contributed by atoms with Gasteiger partial charge < -0.3 is 14.2 Å². The summed E-state index contributed by atoms with van der Waals surface area (Å²) in [6, 6.07) is 0. The van der Waals surface area contributed by atoms with Crippen LogP contribution in [0.3, 0.4) is 0 Å².